The third-order valence-electron chi connectivity index (χ3n) is 4.48. The van der Waals surface area contributed by atoms with Crippen LogP contribution in [0.5, 0.6) is 0 Å². The number of aromatic carboxylic acids is 1. The predicted molar refractivity (Wildman–Crippen MR) is 107 cm³/mol. The van der Waals surface area contributed by atoms with Crippen LogP contribution in [0.25, 0.3) is 10.9 Å². The fraction of sp³-hybridized carbons (Fsp3) is 0.0909. The maximum Gasteiger partial charge on any atom is 0.339 e. The van der Waals surface area contributed by atoms with Crippen molar-refractivity contribution in [2.75, 3.05) is 5.32 Å². The van der Waals surface area contributed by atoms with Gasteiger partial charge in [0, 0.05) is 35.5 Å². The number of aryl methyl sites for hydroxylation is 1. The topological polar surface area (TPSA) is 67.2 Å². The Labute approximate surface area is 156 Å². The lowest BCUT2D eigenvalue weighted by Crippen LogP contribution is -2.05. The van der Waals surface area contributed by atoms with Crippen LogP contribution in [0.15, 0.2) is 73.1 Å². The zero-order chi connectivity index (χ0) is 18.8. The Balaban J connectivity index is 1.63. The fourth-order valence-corrected chi connectivity index (χ4v) is 3.16. The van der Waals surface area contributed by atoms with Crippen LogP contribution in [-0.2, 0) is 6.54 Å². The Morgan fingerprint density at radius 2 is 1.93 bits per heavy atom. The lowest BCUT2D eigenvalue weighted by atomic mass is 10.2. The summed E-state index contributed by atoms with van der Waals surface area (Å²) in [6.07, 6.45) is 3.72. The van der Waals surface area contributed by atoms with Gasteiger partial charge in [0.05, 0.1) is 0 Å². The largest absolute Gasteiger partial charge is 0.478 e. The van der Waals surface area contributed by atoms with Gasteiger partial charge in [0.1, 0.15) is 11.4 Å². The van der Waals surface area contributed by atoms with E-state index in [4.69, 9.17) is 0 Å². The summed E-state index contributed by atoms with van der Waals surface area (Å²) in [5.74, 6) is -0.653. The molecule has 134 valence electrons. The Morgan fingerprint density at radius 3 is 2.70 bits per heavy atom. The maximum atomic E-state index is 11.5. The summed E-state index contributed by atoms with van der Waals surface area (Å²) >= 11 is 0. The van der Waals surface area contributed by atoms with Crippen LogP contribution in [0, 0.1) is 6.92 Å². The standard InChI is InChI=1S/C22H19N3O2/c1-15-11-19(22(26)27)21(23-13-15)24-18-7-8-20-17(12-18)9-10-25(20)14-16-5-3-2-4-6-16/h2-13H,14H2,1H3,(H,23,24)(H,26,27). The zero-order valence-electron chi connectivity index (χ0n) is 14.9. The molecule has 2 aromatic heterocycles. The molecule has 2 heterocycles. The first-order valence-corrected chi connectivity index (χ1v) is 8.70. The molecule has 5 heteroatoms. The lowest BCUT2D eigenvalue weighted by molar-refractivity contribution is 0.0697. The fourth-order valence-electron chi connectivity index (χ4n) is 3.16. The smallest absolute Gasteiger partial charge is 0.339 e. The minimum atomic E-state index is -0.996. The predicted octanol–water partition coefficient (Wildman–Crippen LogP) is 4.83. The van der Waals surface area contributed by atoms with E-state index in [0.717, 1.165) is 28.7 Å². The van der Waals surface area contributed by atoms with Gasteiger partial charge in [0.25, 0.3) is 0 Å². The molecule has 0 aliphatic heterocycles. The van der Waals surface area contributed by atoms with Gasteiger partial charge < -0.3 is 15.0 Å². The van der Waals surface area contributed by atoms with Crippen molar-refractivity contribution in [3.63, 3.8) is 0 Å². The van der Waals surface area contributed by atoms with Crippen LogP contribution in [0.4, 0.5) is 11.5 Å². The van der Waals surface area contributed by atoms with Gasteiger partial charge in [-0.15, -0.1) is 0 Å². The molecule has 0 spiro atoms. The number of rotatable bonds is 5. The highest BCUT2D eigenvalue weighted by Gasteiger charge is 2.12. The van der Waals surface area contributed by atoms with Gasteiger partial charge >= 0.3 is 5.97 Å². The first-order valence-electron chi connectivity index (χ1n) is 8.70. The van der Waals surface area contributed by atoms with E-state index in [-0.39, 0.29) is 5.56 Å². The van der Waals surface area contributed by atoms with Gasteiger partial charge in [0.2, 0.25) is 0 Å². The maximum absolute atomic E-state index is 11.5. The van der Waals surface area contributed by atoms with Crippen LogP contribution in [0.3, 0.4) is 0 Å². The Bertz CT molecular complexity index is 1120. The van der Waals surface area contributed by atoms with Crippen molar-refractivity contribution in [1.29, 1.82) is 0 Å². The molecule has 0 aliphatic rings. The van der Waals surface area contributed by atoms with Crippen molar-refractivity contribution >= 4 is 28.4 Å². The third-order valence-corrected chi connectivity index (χ3v) is 4.48. The monoisotopic (exact) mass is 357 g/mol. The quantitative estimate of drug-likeness (QED) is 0.537. The number of nitrogens with zero attached hydrogens (tertiary/aromatic N) is 2. The minimum absolute atomic E-state index is 0.164. The molecule has 0 fully saturated rings. The van der Waals surface area contributed by atoms with Gasteiger partial charge in [-0.1, -0.05) is 30.3 Å². The number of anilines is 2. The zero-order valence-corrected chi connectivity index (χ0v) is 14.9. The molecule has 2 aromatic carbocycles. The summed E-state index contributed by atoms with van der Waals surface area (Å²) in [6, 6.07) is 20.0. The van der Waals surface area contributed by atoms with E-state index in [2.05, 4.69) is 39.3 Å². The SMILES string of the molecule is Cc1cnc(Nc2ccc3c(ccn3Cc3ccccc3)c2)c(C(=O)O)c1. The highest BCUT2D eigenvalue weighted by molar-refractivity contribution is 5.94. The molecule has 0 saturated heterocycles. The van der Waals surface area contributed by atoms with Crippen LogP contribution < -0.4 is 5.32 Å². The number of carboxylic acids is 1. The summed E-state index contributed by atoms with van der Waals surface area (Å²) in [5, 5.41) is 13.6. The van der Waals surface area contributed by atoms with Gasteiger partial charge in [0.15, 0.2) is 0 Å². The Kier molecular flexibility index (Phi) is 4.34. The van der Waals surface area contributed by atoms with Gasteiger partial charge in [-0.3, -0.25) is 0 Å². The van der Waals surface area contributed by atoms with Gasteiger partial charge in [-0.25, -0.2) is 9.78 Å². The van der Waals surface area contributed by atoms with Crippen molar-refractivity contribution in [2.45, 2.75) is 13.5 Å². The van der Waals surface area contributed by atoms with Crippen molar-refractivity contribution in [1.82, 2.24) is 9.55 Å². The number of benzene rings is 2. The molecule has 0 aliphatic carbocycles. The molecule has 0 amide bonds. The second-order valence-electron chi connectivity index (χ2n) is 6.54. The van der Waals surface area contributed by atoms with Crippen LogP contribution >= 0.6 is 0 Å². The number of carboxylic acid groups (broad SMARTS) is 1. The normalized spacial score (nSPS) is 10.9. The van der Waals surface area contributed by atoms with E-state index in [1.54, 1.807) is 12.3 Å². The lowest BCUT2D eigenvalue weighted by Gasteiger charge is -2.10. The van der Waals surface area contributed by atoms with Crippen molar-refractivity contribution in [3.05, 3.63) is 89.7 Å². The second kappa shape index (κ2) is 6.96. The molecule has 0 atom stereocenters. The van der Waals surface area contributed by atoms with Gasteiger partial charge in [-0.2, -0.15) is 0 Å². The Hall–Kier alpha value is -3.60. The van der Waals surface area contributed by atoms with E-state index in [9.17, 15) is 9.90 Å². The summed E-state index contributed by atoms with van der Waals surface area (Å²) in [4.78, 5) is 15.7. The van der Waals surface area contributed by atoms with Crippen LogP contribution in [0.1, 0.15) is 21.5 Å². The molecule has 0 unspecified atom stereocenters. The van der Waals surface area contributed by atoms with Crippen LogP contribution in [0.2, 0.25) is 0 Å². The minimum Gasteiger partial charge on any atom is -0.478 e. The second-order valence-corrected chi connectivity index (χ2v) is 6.54. The molecule has 5 nitrogen and oxygen atoms in total. The number of carbonyl (C=O) groups is 1. The van der Waals surface area contributed by atoms with Crippen LogP contribution in [-0.4, -0.2) is 20.6 Å². The molecule has 2 N–H and O–H groups in total. The third kappa shape index (κ3) is 3.53. The molecule has 27 heavy (non-hydrogen) atoms. The summed E-state index contributed by atoms with van der Waals surface area (Å²) in [5.41, 5.74) is 4.15. The van der Waals surface area contributed by atoms with Crippen molar-refractivity contribution < 1.29 is 9.90 Å². The number of hydrogen-bond acceptors (Lipinski definition) is 3. The first kappa shape index (κ1) is 16.8. The van der Waals surface area contributed by atoms with E-state index in [1.807, 2.05) is 43.3 Å². The molecule has 4 rings (SSSR count). The molecule has 0 radical (unpaired) electrons. The first-order chi connectivity index (χ1) is 13.1. The Morgan fingerprint density at radius 1 is 1.11 bits per heavy atom. The number of fused-ring (bicyclic) bond motifs is 1. The summed E-state index contributed by atoms with van der Waals surface area (Å²) < 4.78 is 2.20. The van der Waals surface area contributed by atoms with Crippen molar-refractivity contribution in [3.8, 4) is 0 Å². The molecular formula is C22H19N3O2. The summed E-state index contributed by atoms with van der Waals surface area (Å²) in [6.45, 7) is 2.63. The number of pyridine rings is 1. The molecule has 0 saturated carbocycles. The van der Waals surface area contributed by atoms with Crippen molar-refractivity contribution in [2.24, 2.45) is 0 Å². The highest BCUT2D eigenvalue weighted by Crippen LogP contribution is 2.25. The van der Waals surface area contributed by atoms with Gasteiger partial charge in [-0.05, 0) is 48.4 Å². The van der Waals surface area contributed by atoms with E-state index < -0.39 is 5.97 Å². The van der Waals surface area contributed by atoms with E-state index in [0.29, 0.717) is 5.82 Å². The molecular weight excluding hydrogens is 338 g/mol. The number of hydrogen-bond donors (Lipinski definition) is 2. The molecule has 4 aromatic rings. The average molecular weight is 357 g/mol. The number of aromatic nitrogens is 2. The van der Waals surface area contributed by atoms with E-state index >= 15 is 0 Å². The molecule has 0 bridgehead atoms. The average Bonchev–Trinajstić information content (AvgIpc) is 3.06. The highest BCUT2D eigenvalue weighted by atomic mass is 16.4. The summed E-state index contributed by atoms with van der Waals surface area (Å²) in [7, 11) is 0. The number of nitrogens with one attached hydrogen (secondary N) is 1. The van der Waals surface area contributed by atoms with E-state index in [1.165, 1.54) is 5.56 Å².